The smallest absolute Gasteiger partial charge is 0.256 e. The quantitative estimate of drug-likeness (QED) is 0.283. The van der Waals surface area contributed by atoms with Crippen molar-refractivity contribution in [3.63, 3.8) is 0 Å². The zero-order valence-corrected chi connectivity index (χ0v) is 17.6. The first kappa shape index (κ1) is 20.5. The van der Waals surface area contributed by atoms with Gasteiger partial charge in [0.25, 0.3) is 5.56 Å². The number of unbranched alkanes of at least 4 members (excludes halogenated alkanes) is 1. The Morgan fingerprint density at radius 1 is 1.23 bits per heavy atom. The fraction of sp³-hybridized carbons (Fsp3) is 0.476. The average molecular weight is 374 g/mol. The molecule has 0 amide bonds. The van der Waals surface area contributed by atoms with Gasteiger partial charge in [-0.2, -0.15) is 0 Å². The van der Waals surface area contributed by atoms with Gasteiger partial charge in [0.05, 0.1) is 5.39 Å². The summed E-state index contributed by atoms with van der Waals surface area (Å²) in [6.07, 6.45) is 5.87. The highest BCUT2D eigenvalue weighted by molar-refractivity contribution is 6.74. The van der Waals surface area contributed by atoms with Crippen LogP contribution in [0.5, 0.6) is 5.75 Å². The normalized spacial score (nSPS) is 13.6. The lowest BCUT2D eigenvalue weighted by atomic mass is 10.1. The first-order valence-electron chi connectivity index (χ1n) is 9.21. The highest BCUT2D eigenvalue weighted by Crippen LogP contribution is 2.38. The molecule has 142 valence electrons. The van der Waals surface area contributed by atoms with E-state index in [1.807, 2.05) is 30.3 Å². The van der Waals surface area contributed by atoms with Crippen molar-refractivity contribution in [3.8, 4) is 5.75 Å². The van der Waals surface area contributed by atoms with Crippen LogP contribution in [0.15, 0.2) is 47.9 Å². The number of rotatable bonds is 8. The molecule has 1 heterocycles. The molecule has 2 aromatic rings. The van der Waals surface area contributed by atoms with Crippen molar-refractivity contribution >= 4 is 19.1 Å². The molecule has 0 aliphatic rings. The van der Waals surface area contributed by atoms with Gasteiger partial charge in [0.1, 0.15) is 5.75 Å². The molecular formula is C21H31NO3Si. The molecule has 0 fully saturated rings. The van der Waals surface area contributed by atoms with E-state index >= 15 is 0 Å². The van der Waals surface area contributed by atoms with Gasteiger partial charge in [0.15, 0.2) is 14.6 Å². The van der Waals surface area contributed by atoms with Crippen molar-refractivity contribution in [2.45, 2.75) is 64.5 Å². The second-order valence-corrected chi connectivity index (χ2v) is 12.9. The van der Waals surface area contributed by atoms with Crippen molar-refractivity contribution in [1.29, 1.82) is 0 Å². The number of hydrogen-bond donors (Lipinski definition) is 1. The van der Waals surface area contributed by atoms with E-state index in [1.165, 1.54) is 0 Å². The number of pyridine rings is 1. The summed E-state index contributed by atoms with van der Waals surface area (Å²) in [4.78, 5) is 14.8. The van der Waals surface area contributed by atoms with Crippen LogP contribution in [-0.4, -0.2) is 19.6 Å². The summed E-state index contributed by atoms with van der Waals surface area (Å²) in [6.45, 7) is 14.9. The summed E-state index contributed by atoms with van der Waals surface area (Å²) in [5.74, 6) is 0.655. The molecule has 0 aliphatic heterocycles. The molecule has 1 N–H and O–H groups in total. The summed E-state index contributed by atoms with van der Waals surface area (Å²) in [6, 6.07) is 7.49. The topological polar surface area (TPSA) is 51.3 Å². The first-order valence-corrected chi connectivity index (χ1v) is 12.1. The fourth-order valence-electron chi connectivity index (χ4n) is 2.50. The minimum atomic E-state index is -1.98. The highest BCUT2D eigenvalue weighted by Gasteiger charge is 2.39. The monoisotopic (exact) mass is 373 g/mol. The van der Waals surface area contributed by atoms with Gasteiger partial charge in [-0.25, -0.2) is 0 Å². The van der Waals surface area contributed by atoms with Crippen molar-refractivity contribution in [3.05, 3.63) is 53.5 Å². The Hall–Kier alpha value is -1.85. The van der Waals surface area contributed by atoms with E-state index in [1.54, 1.807) is 6.20 Å². The van der Waals surface area contributed by atoms with Crippen LogP contribution >= 0.6 is 0 Å². The number of nitrogens with one attached hydrogen (secondary N) is 1. The lowest BCUT2D eigenvalue weighted by Crippen LogP contribution is -2.45. The Morgan fingerprint density at radius 2 is 1.88 bits per heavy atom. The van der Waals surface area contributed by atoms with Crippen molar-refractivity contribution < 1.29 is 9.16 Å². The second kappa shape index (κ2) is 8.23. The molecule has 5 heteroatoms. The molecule has 0 bridgehead atoms. The molecule has 2 rings (SSSR count). The lowest BCUT2D eigenvalue weighted by molar-refractivity contribution is -0.0120. The molecule has 0 saturated heterocycles. The van der Waals surface area contributed by atoms with E-state index in [0.717, 1.165) is 24.6 Å². The average Bonchev–Trinajstić information content (AvgIpc) is 2.56. The summed E-state index contributed by atoms with van der Waals surface area (Å²) in [5.41, 5.74) is -0.110. The van der Waals surface area contributed by atoms with Gasteiger partial charge in [0, 0.05) is 18.0 Å². The predicted molar refractivity (Wildman–Crippen MR) is 111 cm³/mol. The maximum absolute atomic E-state index is 12.0. The third-order valence-electron chi connectivity index (χ3n) is 5.11. The van der Waals surface area contributed by atoms with E-state index < -0.39 is 8.32 Å². The summed E-state index contributed by atoms with van der Waals surface area (Å²) >= 11 is 0. The standard InChI is InChI=1S/C21H31NO3Si/c1-7-8-9-14-19(25-26(5,6)21(2,3)4)24-18-15-22-20(23)17-13-11-10-12-16(17)18/h7,10-13,15,19H,1,8-9,14H2,2-6H3,(H,22,23)/t19-/m0/s1. The second-order valence-electron chi connectivity index (χ2n) is 8.17. The molecule has 0 spiro atoms. The Kier molecular flexibility index (Phi) is 6.47. The lowest BCUT2D eigenvalue weighted by Gasteiger charge is -2.39. The van der Waals surface area contributed by atoms with E-state index in [4.69, 9.17) is 9.16 Å². The van der Waals surface area contributed by atoms with Crippen LogP contribution in [-0.2, 0) is 4.43 Å². The third-order valence-corrected chi connectivity index (χ3v) is 9.57. The Labute approximate surface area is 157 Å². The van der Waals surface area contributed by atoms with Gasteiger partial charge < -0.3 is 14.1 Å². The van der Waals surface area contributed by atoms with Crippen LogP contribution in [0, 0.1) is 0 Å². The number of allylic oxidation sites excluding steroid dienone is 1. The molecule has 1 aromatic heterocycles. The first-order chi connectivity index (χ1) is 12.2. The van der Waals surface area contributed by atoms with Crippen molar-refractivity contribution in [1.82, 2.24) is 4.98 Å². The number of hydrogen-bond acceptors (Lipinski definition) is 3. The molecule has 4 nitrogen and oxygen atoms in total. The van der Waals surface area contributed by atoms with E-state index in [-0.39, 0.29) is 16.9 Å². The van der Waals surface area contributed by atoms with Crippen LogP contribution in [0.3, 0.4) is 0 Å². The molecule has 1 aromatic carbocycles. The maximum atomic E-state index is 12.0. The summed E-state index contributed by atoms with van der Waals surface area (Å²) < 4.78 is 12.8. The minimum absolute atomic E-state index is 0.0973. The number of aromatic amines is 1. The zero-order chi connectivity index (χ0) is 19.4. The zero-order valence-electron chi connectivity index (χ0n) is 16.6. The predicted octanol–water partition coefficient (Wildman–Crippen LogP) is 5.61. The van der Waals surface area contributed by atoms with Gasteiger partial charge in [-0.1, -0.05) is 45.0 Å². The highest BCUT2D eigenvalue weighted by atomic mass is 28.4. The molecular weight excluding hydrogens is 342 g/mol. The molecule has 0 saturated carbocycles. The van der Waals surface area contributed by atoms with Crippen LogP contribution in [0.4, 0.5) is 0 Å². The number of ether oxygens (including phenoxy) is 1. The Bertz CT molecular complexity index is 805. The molecule has 26 heavy (non-hydrogen) atoms. The number of fused-ring (bicyclic) bond motifs is 1. The number of benzene rings is 1. The SMILES string of the molecule is C=CCCC[C@@H](Oc1c[nH]c(=O)c2ccccc12)O[Si](C)(C)C(C)(C)C. The van der Waals surface area contributed by atoms with Crippen molar-refractivity contribution in [2.24, 2.45) is 0 Å². The van der Waals surface area contributed by atoms with Gasteiger partial charge in [-0.05, 0) is 37.0 Å². The van der Waals surface area contributed by atoms with Gasteiger partial charge >= 0.3 is 0 Å². The van der Waals surface area contributed by atoms with Crippen LogP contribution in [0.1, 0.15) is 40.0 Å². The van der Waals surface area contributed by atoms with Gasteiger partial charge in [-0.3, -0.25) is 4.79 Å². The van der Waals surface area contributed by atoms with Gasteiger partial charge in [-0.15, -0.1) is 6.58 Å². The largest absolute Gasteiger partial charge is 0.464 e. The van der Waals surface area contributed by atoms with E-state index in [9.17, 15) is 4.79 Å². The minimum Gasteiger partial charge on any atom is -0.464 e. The van der Waals surface area contributed by atoms with Crippen molar-refractivity contribution in [2.75, 3.05) is 0 Å². The third kappa shape index (κ3) is 4.86. The van der Waals surface area contributed by atoms with Gasteiger partial charge in [0.2, 0.25) is 0 Å². The Balaban J connectivity index is 2.31. The maximum Gasteiger partial charge on any atom is 0.256 e. The van der Waals surface area contributed by atoms with Crippen LogP contribution in [0.25, 0.3) is 10.8 Å². The Morgan fingerprint density at radius 3 is 2.50 bits per heavy atom. The van der Waals surface area contributed by atoms with Crippen LogP contribution in [0.2, 0.25) is 18.1 Å². The number of aromatic nitrogens is 1. The van der Waals surface area contributed by atoms with E-state index in [0.29, 0.717) is 11.1 Å². The summed E-state index contributed by atoms with van der Waals surface area (Å²) in [7, 11) is -1.98. The fourth-order valence-corrected chi connectivity index (χ4v) is 3.67. The number of H-pyrrole nitrogens is 1. The molecule has 0 aliphatic carbocycles. The summed E-state index contributed by atoms with van der Waals surface area (Å²) in [5, 5.41) is 1.53. The van der Waals surface area contributed by atoms with E-state index in [2.05, 4.69) is 45.4 Å². The molecule has 1 atom stereocenters. The molecule has 0 radical (unpaired) electrons. The molecule has 0 unspecified atom stereocenters. The van der Waals surface area contributed by atoms with Crippen LogP contribution < -0.4 is 10.3 Å².